The largest absolute Gasteiger partial charge is 0.133 e. The first-order valence-electron chi connectivity index (χ1n) is 5.93. The Bertz CT molecular complexity index is 940. The Morgan fingerprint density at radius 2 is 1.68 bits per heavy atom. The zero-order chi connectivity index (χ0) is 13.0. The monoisotopic (exact) mass is 346 g/mol. The van der Waals surface area contributed by atoms with Crippen LogP contribution in [0.25, 0.3) is 30.9 Å². The van der Waals surface area contributed by atoms with Crippen molar-refractivity contribution >= 4 is 69.8 Å². The van der Waals surface area contributed by atoms with Crippen LogP contribution in [0.1, 0.15) is 0 Å². The van der Waals surface area contributed by atoms with Crippen LogP contribution in [-0.4, -0.2) is 0 Å². The van der Waals surface area contributed by atoms with E-state index >= 15 is 0 Å². The lowest BCUT2D eigenvalue weighted by Crippen LogP contribution is -1.74. The fourth-order valence-corrected chi connectivity index (χ4v) is 4.80. The molecule has 0 bridgehead atoms. The molecule has 0 saturated carbocycles. The summed E-state index contributed by atoms with van der Waals surface area (Å²) in [6, 6.07) is 16.7. The molecule has 0 atom stereocenters. The van der Waals surface area contributed by atoms with Gasteiger partial charge in [0.25, 0.3) is 0 Å². The van der Waals surface area contributed by atoms with E-state index in [0.29, 0.717) is 0 Å². The minimum Gasteiger partial charge on any atom is -0.133 e. The van der Waals surface area contributed by atoms with E-state index in [0.717, 1.165) is 9.50 Å². The quantitative estimate of drug-likeness (QED) is 0.335. The van der Waals surface area contributed by atoms with Gasteiger partial charge >= 0.3 is 0 Å². The highest BCUT2D eigenvalue weighted by Gasteiger charge is 2.13. The summed E-state index contributed by atoms with van der Waals surface area (Å²) >= 11 is 11.9. The van der Waals surface area contributed by atoms with Crippen LogP contribution in [0.15, 0.2) is 53.0 Å². The molecule has 0 unspecified atom stereocenters. The lowest BCUT2D eigenvalue weighted by Gasteiger charge is -2.01. The molecule has 3 heteroatoms. The van der Waals surface area contributed by atoms with Gasteiger partial charge in [-0.3, -0.25) is 0 Å². The zero-order valence-electron chi connectivity index (χ0n) is 9.78. The van der Waals surface area contributed by atoms with Crippen LogP contribution in [-0.2, 0) is 0 Å². The van der Waals surface area contributed by atoms with Crippen LogP contribution in [0.3, 0.4) is 0 Å². The Morgan fingerprint density at radius 1 is 0.895 bits per heavy atom. The molecule has 0 aliphatic rings. The second-order valence-electron chi connectivity index (χ2n) is 4.50. The number of rotatable bonds is 0. The summed E-state index contributed by atoms with van der Waals surface area (Å²) in [6.45, 7) is 0. The Balaban J connectivity index is 2.37. The van der Waals surface area contributed by atoms with E-state index in [1.807, 2.05) is 6.07 Å². The summed E-state index contributed by atoms with van der Waals surface area (Å²) in [5.74, 6) is 0. The van der Waals surface area contributed by atoms with Crippen LogP contribution >= 0.6 is 38.9 Å². The third kappa shape index (κ3) is 1.64. The van der Waals surface area contributed by atoms with E-state index in [1.54, 1.807) is 11.3 Å². The van der Waals surface area contributed by atoms with Gasteiger partial charge in [-0.25, -0.2) is 0 Å². The molecule has 0 saturated heterocycles. The van der Waals surface area contributed by atoms with E-state index in [2.05, 4.69) is 58.4 Å². The lowest BCUT2D eigenvalue weighted by atomic mass is 10.1. The molecule has 0 nitrogen and oxygen atoms in total. The number of fused-ring (bicyclic) bond motifs is 5. The highest BCUT2D eigenvalue weighted by atomic mass is 79.9. The molecule has 1 aromatic heterocycles. The van der Waals surface area contributed by atoms with Crippen molar-refractivity contribution in [3.8, 4) is 0 Å². The van der Waals surface area contributed by atoms with Crippen molar-refractivity contribution in [1.29, 1.82) is 0 Å². The van der Waals surface area contributed by atoms with Crippen molar-refractivity contribution in [3.63, 3.8) is 0 Å². The number of benzene rings is 3. The molecule has 1 heterocycles. The predicted molar refractivity (Wildman–Crippen MR) is 89.5 cm³/mol. The van der Waals surface area contributed by atoms with Crippen LogP contribution in [0.4, 0.5) is 0 Å². The summed E-state index contributed by atoms with van der Waals surface area (Å²) in [5, 5.41) is 5.70. The van der Waals surface area contributed by atoms with Crippen molar-refractivity contribution in [2.45, 2.75) is 0 Å². The second-order valence-corrected chi connectivity index (χ2v) is 6.78. The third-order valence-corrected chi connectivity index (χ3v) is 5.89. The summed E-state index contributed by atoms with van der Waals surface area (Å²) in [7, 11) is 0. The van der Waals surface area contributed by atoms with Crippen LogP contribution in [0.2, 0.25) is 5.02 Å². The normalized spacial score (nSPS) is 11.7. The van der Waals surface area contributed by atoms with E-state index in [4.69, 9.17) is 11.6 Å². The maximum Gasteiger partial charge on any atom is 0.0505 e. The van der Waals surface area contributed by atoms with Gasteiger partial charge in [0.05, 0.1) is 5.02 Å². The van der Waals surface area contributed by atoms with Gasteiger partial charge < -0.3 is 0 Å². The van der Waals surface area contributed by atoms with E-state index < -0.39 is 0 Å². The van der Waals surface area contributed by atoms with Gasteiger partial charge in [0.2, 0.25) is 0 Å². The first-order valence-corrected chi connectivity index (χ1v) is 7.92. The van der Waals surface area contributed by atoms with E-state index in [9.17, 15) is 0 Å². The zero-order valence-corrected chi connectivity index (χ0v) is 12.9. The van der Waals surface area contributed by atoms with Crippen molar-refractivity contribution in [2.24, 2.45) is 0 Å². The van der Waals surface area contributed by atoms with Gasteiger partial charge in [-0.2, -0.15) is 0 Å². The van der Waals surface area contributed by atoms with Gasteiger partial charge in [0, 0.05) is 24.6 Å². The van der Waals surface area contributed by atoms with Gasteiger partial charge in [-0.1, -0.05) is 48.0 Å². The SMILES string of the molecule is Clc1cc2ccccc2c2sc3c(Br)cccc3c12. The molecule has 0 amide bonds. The minimum absolute atomic E-state index is 0.832. The molecule has 0 aliphatic heterocycles. The summed E-state index contributed by atoms with van der Waals surface area (Å²) in [5.41, 5.74) is 0. The molecular weight excluding hydrogens is 340 g/mol. The molecule has 0 radical (unpaired) electrons. The topological polar surface area (TPSA) is 0 Å². The first-order chi connectivity index (χ1) is 9.25. The van der Waals surface area contributed by atoms with Gasteiger partial charge in [-0.05, 0) is 38.8 Å². The number of thiophene rings is 1. The van der Waals surface area contributed by atoms with Crippen LogP contribution in [0.5, 0.6) is 0 Å². The predicted octanol–water partition coefficient (Wildman–Crippen LogP) is 6.62. The average Bonchev–Trinajstić information content (AvgIpc) is 2.81. The van der Waals surface area contributed by atoms with Crippen molar-refractivity contribution in [3.05, 3.63) is 58.0 Å². The smallest absolute Gasteiger partial charge is 0.0505 e. The minimum atomic E-state index is 0.832. The molecule has 0 N–H and O–H groups in total. The van der Waals surface area contributed by atoms with Gasteiger partial charge in [0.1, 0.15) is 0 Å². The van der Waals surface area contributed by atoms with Crippen molar-refractivity contribution < 1.29 is 0 Å². The summed E-state index contributed by atoms with van der Waals surface area (Å²) in [6.07, 6.45) is 0. The van der Waals surface area contributed by atoms with E-state index in [1.165, 1.54) is 30.9 Å². The molecule has 92 valence electrons. The Morgan fingerprint density at radius 3 is 2.58 bits per heavy atom. The van der Waals surface area contributed by atoms with E-state index in [-0.39, 0.29) is 0 Å². The highest BCUT2D eigenvalue weighted by molar-refractivity contribution is 9.10. The fourth-order valence-electron chi connectivity index (χ4n) is 2.55. The Labute approximate surface area is 127 Å². The molecule has 4 aromatic rings. The number of halogens is 2. The molecule has 19 heavy (non-hydrogen) atoms. The third-order valence-electron chi connectivity index (χ3n) is 3.39. The number of hydrogen-bond donors (Lipinski definition) is 0. The number of hydrogen-bond acceptors (Lipinski definition) is 1. The molecule has 4 rings (SSSR count). The molecule has 0 aliphatic carbocycles. The maximum absolute atomic E-state index is 6.50. The molecular formula is C16H8BrClS. The first kappa shape index (κ1) is 11.7. The molecule has 0 fully saturated rings. The Kier molecular flexibility index (Phi) is 2.59. The van der Waals surface area contributed by atoms with Gasteiger partial charge in [0.15, 0.2) is 0 Å². The van der Waals surface area contributed by atoms with Crippen molar-refractivity contribution in [1.82, 2.24) is 0 Å². The van der Waals surface area contributed by atoms with Crippen LogP contribution in [0, 0.1) is 0 Å². The standard InChI is InChI=1S/C16H8BrClS/c17-12-7-3-6-11-14-13(18)8-9-4-1-2-5-10(9)16(14)19-15(11)12/h1-8H. The van der Waals surface area contributed by atoms with Crippen molar-refractivity contribution in [2.75, 3.05) is 0 Å². The maximum atomic E-state index is 6.50. The molecule has 0 spiro atoms. The lowest BCUT2D eigenvalue weighted by molar-refractivity contribution is 1.80. The Hall–Kier alpha value is -1.09. The molecule has 3 aromatic carbocycles. The average molecular weight is 348 g/mol. The van der Waals surface area contributed by atoms with Crippen LogP contribution < -0.4 is 0 Å². The summed E-state index contributed by atoms with van der Waals surface area (Å²) in [4.78, 5) is 0. The summed E-state index contributed by atoms with van der Waals surface area (Å²) < 4.78 is 3.66. The van der Waals surface area contributed by atoms with Gasteiger partial charge in [-0.15, -0.1) is 11.3 Å². The highest BCUT2D eigenvalue weighted by Crippen LogP contribution is 2.44. The fraction of sp³-hybridized carbons (Fsp3) is 0. The second kappa shape index (κ2) is 4.20.